The molecule has 3 heterocycles. The van der Waals surface area contributed by atoms with Gasteiger partial charge in [0.05, 0.1) is 11.8 Å². The molecule has 3 unspecified atom stereocenters. The van der Waals surface area contributed by atoms with E-state index in [1.54, 1.807) is 18.2 Å². The third-order valence-electron chi connectivity index (χ3n) is 7.42. The van der Waals surface area contributed by atoms with Gasteiger partial charge in [-0.2, -0.15) is 26.3 Å². The number of benzene rings is 2. The molecule has 0 radical (unpaired) electrons. The largest absolute Gasteiger partial charge is 0.486 e. The van der Waals surface area contributed by atoms with Crippen molar-refractivity contribution < 1.29 is 45.3 Å². The number of ether oxygens (including phenoxy) is 3. The van der Waals surface area contributed by atoms with Crippen molar-refractivity contribution in [2.45, 2.75) is 43.6 Å². The maximum Gasteiger partial charge on any atom is 0.395 e. The summed E-state index contributed by atoms with van der Waals surface area (Å²) in [6.45, 7) is 1.67. The van der Waals surface area contributed by atoms with Gasteiger partial charge in [0.25, 0.3) is 0 Å². The molecule has 0 aromatic heterocycles. The zero-order valence-electron chi connectivity index (χ0n) is 18.6. The van der Waals surface area contributed by atoms with Crippen LogP contribution in [0.1, 0.15) is 31.4 Å². The van der Waals surface area contributed by atoms with Crippen molar-refractivity contribution in [2.24, 2.45) is 11.8 Å². The summed E-state index contributed by atoms with van der Waals surface area (Å²) in [6, 6.07) is 8.92. The van der Waals surface area contributed by atoms with E-state index in [1.165, 1.54) is 18.2 Å². The number of halogens is 6. The van der Waals surface area contributed by atoms with Gasteiger partial charge < -0.3 is 19.5 Å². The number of rotatable bonds is 2. The SMILES string of the molecule is CC(C(F)(F)F)C1(C(C)C(F)(F)F)CC2(C(=O)Nc3ccccc32)c2cc3c(cc2O1)OCCO3. The van der Waals surface area contributed by atoms with Crippen molar-refractivity contribution in [1.82, 2.24) is 0 Å². The number of carbonyl (C=O) groups excluding carboxylic acids is 1. The van der Waals surface area contributed by atoms with E-state index in [2.05, 4.69) is 5.32 Å². The Morgan fingerprint density at radius 3 is 2.03 bits per heavy atom. The number of nitrogens with one attached hydrogen (secondary N) is 1. The molecule has 2 aromatic carbocycles. The van der Waals surface area contributed by atoms with Crippen LogP contribution in [0.3, 0.4) is 0 Å². The average molecular weight is 501 g/mol. The molecule has 3 atom stereocenters. The van der Waals surface area contributed by atoms with E-state index in [1.807, 2.05) is 0 Å². The van der Waals surface area contributed by atoms with E-state index >= 15 is 0 Å². The molecule has 11 heteroatoms. The number of anilines is 1. The number of amides is 1. The summed E-state index contributed by atoms with van der Waals surface area (Å²) in [5.41, 5.74) is -4.00. The minimum Gasteiger partial charge on any atom is -0.486 e. The standard InChI is InChI=1S/C24H21F6NO4/c1-12(23(25,26)27)22(13(2)24(28,29)30)11-21(14-5-3-4-6-16(14)31-20(21)32)15-9-18-19(10-17(15)35-22)34-8-7-33-18/h3-6,9-10,12-13H,7-8,11H2,1-2H3,(H,31,32). The smallest absolute Gasteiger partial charge is 0.395 e. The molecular formula is C24H21F6NO4. The predicted molar refractivity (Wildman–Crippen MR) is 112 cm³/mol. The second kappa shape index (κ2) is 7.44. The summed E-state index contributed by atoms with van der Waals surface area (Å²) < 4.78 is 102. The molecule has 188 valence electrons. The molecule has 5 rings (SSSR count). The van der Waals surface area contributed by atoms with Gasteiger partial charge in [0.15, 0.2) is 11.5 Å². The van der Waals surface area contributed by atoms with E-state index in [0.29, 0.717) is 19.5 Å². The van der Waals surface area contributed by atoms with Crippen molar-refractivity contribution in [3.8, 4) is 17.2 Å². The van der Waals surface area contributed by atoms with Crippen LogP contribution in [-0.4, -0.2) is 37.1 Å². The minimum atomic E-state index is -5.04. The molecule has 0 aliphatic carbocycles. The first kappa shape index (κ1) is 23.6. The number of hydrogen-bond donors (Lipinski definition) is 1. The maximum atomic E-state index is 14.2. The van der Waals surface area contributed by atoms with Crippen molar-refractivity contribution in [3.63, 3.8) is 0 Å². The molecule has 35 heavy (non-hydrogen) atoms. The van der Waals surface area contributed by atoms with Gasteiger partial charge in [-0.05, 0) is 31.5 Å². The molecule has 0 saturated heterocycles. The quantitative estimate of drug-likeness (QED) is 0.544. The normalized spacial score (nSPS) is 26.9. The summed E-state index contributed by atoms with van der Waals surface area (Å²) in [5, 5.41) is 2.64. The molecule has 1 N–H and O–H groups in total. The fourth-order valence-electron chi connectivity index (χ4n) is 5.41. The van der Waals surface area contributed by atoms with Crippen molar-refractivity contribution in [3.05, 3.63) is 47.5 Å². The topological polar surface area (TPSA) is 56.8 Å². The zero-order valence-corrected chi connectivity index (χ0v) is 18.6. The molecule has 0 fully saturated rings. The molecule has 2 aromatic rings. The molecule has 3 aliphatic rings. The second-order valence-electron chi connectivity index (χ2n) is 9.16. The van der Waals surface area contributed by atoms with Gasteiger partial charge in [-0.3, -0.25) is 4.79 Å². The Bertz CT molecular complexity index is 1170. The van der Waals surface area contributed by atoms with Crippen LogP contribution in [0.2, 0.25) is 0 Å². The Morgan fingerprint density at radius 2 is 1.43 bits per heavy atom. The van der Waals surface area contributed by atoms with E-state index in [-0.39, 0.29) is 41.6 Å². The first-order valence-corrected chi connectivity index (χ1v) is 11.0. The summed E-state index contributed by atoms with van der Waals surface area (Å²) >= 11 is 0. The van der Waals surface area contributed by atoms with E-state index in [9.17, 15) is 31.1 Å². The van der Waals surface area contributed by atoms with Crippen LogP contribution in [0.4, 0.5) is 32.0 Å². The summed E-state index contributed by atoms with van der Waals surface area (Å²) in [5.74, 6) is -5.79. The first-order valence-electron chi connectivity index (χ1n) is 11.0. The summed E-state index contributed by atoms with van der Waals surface area (Å²) in [6.07, 6.45) is -11.0. The van der Waals surface area contributed by atoms with Gasteiger partial charge in [-0.15, -0.1) is 0 Å². The maximum absolute atomic E-state index is 14.2. The molecule has 1 amide bonds. The number of alkyl halides is 6. The van der Waals surface area contributed by atoms with Crippen LogP contribution in [-0.2, 0) is 10.2 Å². The number of hydrogen-bond acceptors (Lipinski definition) is 4. The fraction of sp³-hybridized carbons (Fsp3) is 0.458. The van der Waals surface area contributed by atoms with Crippen LogP contribution in [0.25, 0.3) is 0 Å². The third kappa shape index (κ3) is 3.34. The molecule has 1 spiro atoms. The second-order valence-corrected chi connectivity index (χ2v) is 9.16. The van der Waals surface area contributed by atoms with Crippen LogP contribution in [0, 0.1) is 11.8 Å². The highest BCUT2D eigenvalue weighted by atomic mass is 19.4. The number of para-hydroxylation sites is 1. The summed E-state index contributed by atoms with van der Waals surface area (Å²) in [4.78, 5) is 13.6. The third-order valence-corrected chi connectivity index (χ3v) is 7.42. The van der Waals surface area contributed by atoms with Crippen molar-refractivity contribution in [1.29, 1.82) is 0 Å². The Kier molecular flexibility index (Phi) is 5.02. The minimum absolute atomic E-state index is 0.118. The highest BCUT2D eigenvalue weighted by Gasteiger charge is 2.69. The molecule has 0 bridgehead atoms. The van der Waals surface area contributed by atoms with Crippen LogP contribution < -0.4 is 19.5 Å². The van der Waals surface area contributed by atoms with Crippen molar-refractivity contribution in [2.75, 3.05) is 18.5 Å². The molecule has 0 saturated carbocycles. The van der Waals surface area contributed by atoms with E-state index < -0.39 is 47.5 Å². The first-order chi connectivity index (χ1) is 16.3. The lowest BCUT2D eigenvalue weighted by atomic mass is 9.60. The lowest BCUT2D eigenvalue weighted by Crippen LogP contribution is -2.63. The molecule has 3 aliphatic heterocycles. The summed E-state index contributed by atoms with van der Waals surface area (Å²) in [7, 11) is 0. The van der Waals surface area contributed by atoms with E-state index in [0.717, 1.165) is 0 Å². The monoisotopic (exact) mass is 501 g/mol. The van der Waals surface area contributed by atoms with E-state index in [4.69, 9.17) is 14.2 Å². The highest BCUT2D eigenvalue weighted by molar-refractivity contribution is 6.09. The van der Waals surface area contributed by atoms with Crippen molar-refractivity contribution >= 4 is 11.6 Å². The van der Waals surface area contributed by atoms with Gasteiger partial charge in [-0.1, -0.05) is 18.2 Å². The lowest BCUT2D eigenvalue weighted by Gasteiger charge is -2.52. The Hall–Kier alpha value is -3.11. The van der Waals surface area contributed by atoms with Crippen LogP contribution >= 0.6 is 0 Å². The predicted octanol–water partition coefficient (Wildman–Crippen LogP) is 5.61. The van der Waals surface area contributed by atoms with Gasteiger partial charge in [0.2, 0.25) is 5.91 Å². The van der Waals surface area contributed by atoms with Gasteiger partial charge >= 0.3 is 12.4 Å². The van der Waals surface area contributed by atoms with Gasteiger partial charge in [-0.25, -0.2) is 0 Å². The Morgan fingerprint density at radius 1 is 0.857 bits per heavy atom. The lowest BCUT2D eigenvalue weighted by molar-refractivity contribution is -0.276. The van der Waals surface area contributed by atoms with Gasteiger partial charge in [0, 0.05) is 23.7 Å². The molecular weight excluding hydrogens is 480 g/mol. The Balaban J connectivity index is 1.84. The fourth-order valence-corrected chi connectivity index (χ4v) is 5.41. The number of fused-ring (bicyclic) bond motifs is 5. The zero-order chi connectivity index (χ0) is 25.4. The van der Waals surface area contributed by atoms with Crippen LogP contribution in [0.5, 0.6) is 17.2 Å². The van der Waals surface area contributed by atoms with Gasteiger partial charge in [0.1, 0.15) is 30.0 Å². The highest BCUT2D eigenvalue weighted by Crippen LogP contribution is 2.61. The van der Waals surface area contributed by atoms with Crippen LogP contribution in [0.15, 0.2) is 36.4 Å². The average Bonchev–Trinajstić information content (AvgIpc) is 3.07. The number of carbonyl (C=O) groups is 1. The molecule has 5 nitrogen and oxygen atoms in total. The Labute approximate surface area is 196 Å².